The fourth-order valence-corrected chi connectivity index (χ4v) is 4.61. The maximum Gasteiger partial charge on any atom is 0.268 e. The number of carbonyl (C=O) groups excluding carboxylic acids is 3. The molecule has 2 saturated heterocycles. The summed E-state index contributed by atoms with van der Waals surface area (Å²) in [6, 6.07) is 12.4. The number of hydrogen-bond donors (Lipinski definition) is 2. The second-order valence-corrected chi connectivity index (χ2v) is 8.80. The van der Waals surface area contributed by atoms with Crippen molar-refractivity contribution in [2.75, 3.05) is 36.1 Å². The molecule has 170 valence electrons. The van der Waals surface area contributed by atoms with Crippen LogP contribution < -0.4 is 15.1 Å². The lowest BCUT2D eigenvalue weighted by Crippen LogP contribution is -2.42. The number of aromatic amines is 1. The van der Waals surface area contributed by atoms with Gasteiger partial charge in [-0.3, -0.25) is 14.4 Å². The third-order valence-corrected chi connectivity index (χ3v) is 6.29. The summed E-state index contributed by atoms with van der Waals surface area (Å²) in [7, 11) is 0. The molecule has 2 aliphatic rings. The fourth-order valence-electron chi connectivity index (χ4n) is 4.43. The zero-order valence-corrected chi connectivity index (χ0v) is 18.8. The van der Waals surface area contributed by atoms with Crippen LogP contribution in [0.4, 0.5) is 11.4 Å². The molecule has 8 nitrogen and oxygen atoms in total. The zero-order valence-electron chi connectivity index (χ0n) is 18.1. The molecular weight excluding hydrogens is 444 g/mol. The molecule has 3 amide bonds. The molecule has 1 atom stereocenters. The van der Waals surface area contributed by atoms with Crippen LogP contribution in [0.5, 0.6) is 0 Å². The Balaban J connectivity index is 1.28. The second kappa shape index (κ2) is 8.53. The van der Waals surface area contributed by atoms with Crippen LogP contribution in [0.3, 0.4) is 0 Å². The van der Waals surface area contributed by atoms with Crippen LogP contribution in [0.1, 0.15) is 22.5 Å². The van der Waals surface area contributed by atoms with Crippen molar-refractivity contribution in [1.82, 2.24) is 10.3 Å². The number of carbonyl (C=O) groups is 3. The number of nitrogens with one attached hydrogen (secondary N) is 2. The zero-order chi connectivity index (χ0) is 23.1. The summed E-state index contributed by atoms with van der Waals surface area (Å²) in [5.74, 6) is -0.394. The summed E-state index contributed by atoms with van der Waals surface area (Å²) in [5.41, 5.74) is 3.72. The molecule has 0 spiro atoms. The van der Waals surface area contributed by atoms with Crippen LogP contribution in [-0.4, -0.2) is 55.1 Å². The van der Waals surface area contributed by atoms with Gasteiger partial charge in [0.25, 0.3) is 11.8 Å². The monoisotopic (exact) mass is 466 g/mol. The molecule has 9 heteroatoms. The smallest absolute Gasteiger partial charge is 0.268 e. The highest BCUT2D eigenvalue weighted by Crippen LogP contribution is 2.29. The SMILES string of the molecule is Cc1cc(N2C[C@H](NC(=O)c3cc4cc(Cl)ccc4[nH]3)CC2=O)ccc1N1CCOCC1=O. The van der Waals surface area contributed by atoms with E-state index in [0.717, 1.165) is 27.8 Å². The maximum atomic E-state index is 12.8. The van der Waals surface area contributed by atoms with Gasteiger partial charge in [-0.05, 0) is 55.0 Å². The number of benzene rings is 2. The third kappa shape index (κ3) is 4.19. The van der Waals surface area contributed by atoms with Crippen molar-refractivity contribution in [2.45, 2.75) is 19.4 Å². The van der Waals surface area contributed by atoms with E-state index in [9.17, 15) is 14.4 Å². The van der Waals surface area contributed by atoms with E-state index in [2.05, 4.69) is 10.3 Å². The Hall–Kier alpha value is -3.36. The average Bonchev–Trinajstić information content (AvgIpc) is 3.37. The Kier molecular flexibility index (Phi) is 5.55. The first-order valence-electron chi connectivity index (χ1n) is 10.8. The van der Waals surface area contributed by atoms with Gasteiger partial charge in [-0.25, -0.2) is 0 Å². The van der Waals surface area contributed by atoms with Gasteiger partial charge in [-0.1, -0.05) is 11.6 Å². The molecule has 0 unspecified atom stereocenters. The Morgan fingerprint density at radius 2 is 1.97 bits per heavy atom. The lowest BCUT2D eigenvalue weighted by atomic mass is 10.1. The molecule has 33 heavy (non-hydrogen) atoms. The van der Waals surface area contributed by atoms with Gasteiger partial charge in [-0.15, -0.1) is 0 Å². The van der Waals surface area contributed by atoms with Crippen molar-refractivity contribution in [1.29, 1.82) is 0 Å². The highest BCUT2D eigenvalue weighted by Gasteiger charge is 2.32. The molecular formula is C24H23ClN4O4. The lowest BCUT2D eigenvalue weighted by Gasteiger charge is -2.29. The van der Waals surface area contributed by atoms with Crippen LogP contribution in [0.2, 0.25) is 5.02 Å². The Morgan fingerprint density at radius 3 is 2.76 bits per heavy atom. The minimum absolute atomic E-state index is 0.0571. The van der Waals surface area contributed by atoms with E-state index >= 15 is 0 Å². The summed E-state index contributed by atoms with van der Waals surface area (Å²) in [6.45, 7) is 3.39. The average molecular weight is 467 g/mol. The van der Waals surface area contributed by atoms with Crippen LogP contribution >= 0.6 is 11.6 Å². The highest BCUT2D eigenvalue weighted by atomic mass is 35.5. The third-order valence-electron chi connectivity index (χ3n) is 6.06. The summed E-state index contributed by atoms with van der Waals surface area (Å²) < 4.78 is 5.20. The number of nitrogens with zero attached hydrogens (tertiary/aromatic N) is 2. The minimum Gasteiger partial charge on any atom is -0.370 e. The Morgan fingerprint density at radius 1 is 1.12 bits per heavy atom. The molecule has 3 heterocycles. The molecule has 1 aromatic heterocycles. The predicted molar refractivity (Wildman–Crippen MR) is 126 cm³/mol. The minimum atomic E-state index is -0.305. The first-order chi connectivity index (χ1) is 15.9. The van der Waals surface area contributed by atoms with Crippen molar-refractivity contribution < 1.29 is 19.1 Å². The maximum absolute atomic E-state index is 12.8. The molecule has 5 rings (SSSR count). The molecule has 0 radical (unpaired) electrons. The number of amides is 3. The number of fused-ring (bicyclic) bond motifs is 1. The van der Waals surface area contributed by atoms with Gasteiger partial charge in [0.05, 0.1) is 12.6 Å². The topological polar surface area (TPSA) is 94.7 Å². The van der Waals surface area contributed by atoms with E-state index in [1.807, 2.05) is 31.2 Å². The molecule has 2 N–H and O–H groups in total. The number of aromatic nitrogens is 1. The number of anilines is 2. The summed E-state index contributed by atoms with van der Waals surface area (Å²) in [4.78, 5) is 44.1. The molecule has 0 aliphatic carbocycles. The Bertz CT molecular complexity index is 1270. The van der Waals surface area contributed by atoms with Crippen molar-refractivity contribution in [3.05, 3.63) is 58.7 Å². The molecule has 0 bridgehead atoms. The van der Waals surface area contributed by atoms with E-state index in [0.29, 0.717) is 30.4 Å². The fraction of sp³-hybridized carbons (Fsp3) is 0.292. The normalized spacial score (nSPS) is 18.9. The van der Waals surface area contributed by atoms with Crippen molar-refractivity contribution >= 4 is 51.6 Å². The number of rotatable bonds is 4. The van der Waals surface area contributed by atoms with E-state index in [1.165, 1.54) is 0 Å². The van der Waals surface area contributed by atoms with Gasteiger partial charge in [0.2, 0.25) is 5.91 Å². The molecule has 2 fully saturated rings. The molecule has 3 aromatic rings. The number of H-pyrrole nitrogens is 1. The van der Waals surface area contributed by atoms with Gasteiger partial charge in [-0.2, -0.15) is 0 Å². The summed E-state index contributed by atoms with van der Waals surface area (Å²) >= 11 is 6.03. The first kappa shape index (κ1) is 21.5. The van der Waals surface area contributed by atoms with Crippen LogP contribution in [0.25, 0.3) is 10.9 Å². The predicted octanol–water partition coefficient (Wildman–Crippen LogP) is 3.03. The molecule has 2 aliphatic heterocycles. The number of ether oxygens (including phenoxy) is 1. The van der Waals surface area contributed by atoms with Gasteiger partial charge >= 0.3 is 0 Å². The second-order valence-electron chi connectivity index (χ2n) is 8.36. The largest absolute Gasteiger partial charge is 0.370 e. The number of aryl methyl sites for hydroxylation is 1. The van der Waals surface area contributed by atoms with Crippen molar-refractivity contribution in [2.24, 2.45) is 0 Å². The standard InChI is InChI=1S/C24H23ClN4O4/c1-14-8-18(3-5-21(14)28-6-7-33-13-23(28)31)29-12-17(11-22(29)30)26-24(32)20-10-15-9-16(25)2-4-19(15)27-20/h2-5,8-10,17,27H,6-7,11-13H2,1H3,(H,26,32)/t17-/m1/s1. The van der Waals surface area contributed by atoms with E-state index < -0.39 is 0 Å². The molecule has 2 aromatic carbocycles. The van der Waals surface area contributed by atoms with Crippen LogP contribution in [-0.2, 0) is 14.3 Å². The molecule has 0 saturated carbocycles. The van der Waals surface area contributed by atoms with Crippen LogP contribution in [0.15, 0.2) is 42.5 Å². The number of halogens is 1. The van der Waals surface area contributed by atoms with E-state index in [4.69, 9.17) is 16.3 Å². The summed E-state index contributed by atoms with van der Waals surface area (Å²) in [6.07, 6.45) is 0.223. The van der Waals surface area contributed by atoms with Crippen molar-refractivity contribution in [3.8, 4) is 0 Å². The quantitative estimate of drug-likeness (QED) is 0.618. The van der Waals surface area contributed by atoms with Crippen molar-refractivity contribution in [3.63, 3.8) is 0 Å². The Labute approximate surface area is 195 Å². The van der Waals surface area contributed by atoms with Crippen LogP contribution in [0, 0.1) is 6.92 Å². The van der Waals surface area contributed by atoms with E-state index in [-0.39, 0.29) is 36.8 Å². The van der Waals surface area contributed by atoms with Gasteiger partial charge in [0, 0.05) is 46.8 Å². The number of hydrogen-bond acceptors (Lipinski definition) is 4. The lowest BCUT2D eigenvalue weighted by molar-refractivity contribution is -0.125. The van der Waals surface area contributed by atoms with Gasteiger partial charge in [0.1, 0.15) is 12.3 Å². The van der Waals surface area contributed by atoms with Gasteiger partial charge in [0.15, 0.2) is 0 Å². The van der Waals surface area contributed by atoms with E-state index in [1.54, 1.807) is 28.0 Å². The summed E-state index contributed by atoms with van der Waals surface area (Å²) in [5, 5.41) is 4.41. The number of morpholine rings is 1. The van der Waals surface area contributed by atoms with Gasteiger partial charge < -0.3 is 24.8 Å². The first-order valence-corrected chi connectivity index (χ1v) is 11.1. The highest BCUT2D eigenvalue weighted by molar-refractivity contribution is 6.31.